The molecule has 2 heterocycles. The second-order valence-corrected chi connectivity index (χ2v) is 15.0. The molecule has 0 unspecified atom stereocenters. The zero-order valence-corrected chi connectivity index (χ0v) is 21.9. The van der Waals surface area contributed by atoms with E-state index >= 15 is 0 Å². The zero-order valence-electron chi connectivity index (χ0n) is 20.9. The lowest BCUT2D eigenvalue weighted by atomic mass is 10.0. The number of fused-ring (bicyclic) bond motifs is 2. The maximum absolute atomic E-state index is 4.25. The van der Waals surface area contributed by atoms with Gasteiger partial charge >= 0.3 is 0 Å². The Labute approximate surface area is 209 Å². The van der Waals surface area contributed by atoms with E-state index in [1.165, 1.54) is 66.0 Å². The summed E-state index contributed by atoms with van der Waals surface area (Å²) in [4.78, 5) is 8.49. The van der Waals surface area contributed by atoms with Gasteiger partial charge in [-0.3, -0.25) is 9.97 Å². The van der Waals surface area contributed by atoms with Crippen LogP contribution in [0.5, 0.6) is 0 Å². The molecule has 2 aromatic carbocycles. The second-order valence-electron chi connectivity index (χ2n) is 10.6. The number of allylic oxidation sites excluding steroid dienone is 2. The van der Waals surface area contributed by atoms with Crippen molar-refractivity contribution in [3.63, 3.8) is 0 Å². The number of benzene rings is 2. The molecule has 0 saturated carbocycles. The van der Waals surface area contributed by atoms with E-state index in [1.807, 2.05) is 24.8 Å². The van der Waals surface area contributed by atoms with Gasteiger partial charge in [0.2, 0.25) is 0 Å². The summed E-state index contributed by atoms with van der Waals surface area (Å²) in [6, 6.07) is 18.3. The average molecular weight is 471 g/mol. The summed E-state index contributed by atoms with van der Waals surface area (Å²) in [5.74, 6) is 0. The predicted octanol–water partition coefficient (Wildman–Crippen LogP) is 6.55. The van der Waals surface area contributed by atoms with Crippen molar-refractivity contribution in [3.05, 3.63) is 107 Å². The number of hydrogen-bond donors (Lipinski definition) is 0. The van der Waals surface area contributed by atoms with Crippen molar-refractivity contribution in [2.75, 3.05) is 0 Å². The van der Waals surface area contributed by atoms with Crippen LogP contribution in [0.2, 0.25) is 13.1 Å². The molecule has 2 aliphatic carbocycles. The maximum Gasteiger partial charge on any atom is 0.113 e. The molecule has 35 heavy (non-hydrogen) atoms. The Hall–Kier alpha value is -3.56. The molecule has 0 saturated heterocycles. The molecule has 0 atom stereocenters. The maximum atomic E-state index is 4.25. The number of hydrogen-bond acceptors (Lipinski definition) is 2. The third-order valence-corrected chi connectivity index (χ3v) is 11.1. The van der Waals surface area contributed by atoms with Gasteiger partial charge in [-0.25, -0.2) is 0 Å². The van der Waals surface area contributed by atoms with Crippen LogP contribution in [0.3, 0.4) is 0 Å². The summed E-state index contributed by atoms with van der Waals surface area (Å²) >= 11 is 0. The van der Waals surface area contributed by atoms with Crippen LogP contribution in [0.1, 0.15) is 36.1 Å². The zero-order chi connectivity index (χ0) is 24.2. The highest BCUT2D eigenvalue weighted by molar-refractivity contribution is 7.01. The third kappa shape index (κ3) is 3.80. The van der Waals surface area contributed by atoms with Gasteiger partial charge in [0, 0.05) is 24.8 Å². The van der Waals surface area contributed by atoms with E-state index in [4.69, 9.17) is 0 Å². The van der Waals surface area contributed by atoms with Crippen molar-refractivity contribution >= 4 is 30.6 Å². The van der Waals surface area contributed by atoms with Gasteiger partial charge in [0.05, 0.1) is 0 Å². The number of pyridine rings is 2. The Morgan fingerprint density at radius 3 is 1.37 bits per heavy atom. The molecule has 0 radical (unpaired) electrons. The Kier molecular flexibility index (Phi) is 5.19. The quantitative estimate of drug-likeness (QED) is 0.316. The van der Waals surface area contributed by atoms with Gasteiger partial charge in [-0.2, -0.15) is 0 Å². The van der Waals surface area contributed by atoms with E-state index in [9.17, 15) is 0 Å². The SMILES string of the molecule is CC1=Cc2c(cc(-c3ccncc3)cc2[Si](C)(C)c2cc(-c3ccncc3)cc3c2C=C(C)C3)C1. The molecule has 2 aromatic heterocycles. The molecule has 0 N–H and O–H groups in total. The highest BCUT2D eigenvalue weighted by atomic mass is 28.3. The van der Waals surface area contributed by atoms with E-state index in [2.05, 4.69) is 97.6 Å². The van der Waals surface area contributed by atoms with E-state index in [0.29, 0.717) is 0 Å². The van der Waals surface area contributed by atoms with Crippen LogP contribution in [0.4, 0.5) is 0 Å². The van der Waals surface area contributed by atoms with Gasteiger partial charge in [0.1, 0.15) is 8.07 Å². The van der Waals surface area contributed by atoms with E-state index in [1.54, 1.807) is 0 Å². The van der Waals surface area contributed by atoms with Gasteiger partial charge in [0.15, 0.2) is 0 Å². The van der Waals surface area contributed by atoms with Crippen molar-refractivity contribution in [2.24, 2.45) is 0 Å². The molecule has 6 rings (SSSR count). The number of rotatable bonds is 4. The fourth-order valence-electron chi connectivity index (χ4n) is 5.86. The van der Waals surface area contributed by atoms with Gasteiger partial charge in [-0.15, -0.1) is 0 Å². The van der Waals surface area contributed by atoms with Gasteiger partial charge in [-0.05, 0) is 106 Å². The summed E-state index contributed by atoms with van der Waals surface area (Å²) < 4.78 is 0. The normalized spacial score (nSPS) is 14.4. The lowest BCUT2D eigenvalue weighted by Crippen LogP contribution is -2.55. The van der Waals surface area contributed by atoms with Gasteiger partial charge in [0.25, 0.3) is 0 Å². The van der Waals surface area contributed by atoms with E-state index in [-0.39, 0.29) is 0 Å². The van der Waals surface area contributed by atoms with Crippen molar-refractivity contribution in [2.45, 2.75) is 39.8 Å². The molecule has 4 aromatic rings. The lowest BCUT2D eigenvalue weighted by Gasteiger charge is -2.30. The monoisotopic (exact) mass is 470 g/mol. The Morgan fingerprint density at radius 1 is 0.571 bits per heavy atom. The summed E-state index contributed by atoms with van der Waals surface area (Å²) in [6.45, 7) is 9.60. The lowest BCUT2D eigenvalue weighted by molar-refractivity contribution is 1.20. The standard InChI is InChI=1S/C32H30N2Si/c1-21-13-27-17-25(23-5-9-33-10-6-23)19-31(29(27)15-21)35(3,4)32-20-26(24-7-11-34-12-8-24)18-28-14-22(2)16-30(28)32/h5-12,15-20H,13-14H2,1-4H3. The first-order valence-electron chi connectivity index (χ1n) is 12.4. The first-order valence-corrected chi connectivity index (χ1v) is 15.4. The first-order chi connectivity index (χ1) is 16.9. The van der Waals surface area contributed by atoms with Crippen LogP contribution in [-0.4, -0.2) is 18.0 Å². The predicted molar refractivity (Wildman–Crippen MR) is 151 cm³/mol. The largest absolute Gasteiger partial charge is 0.265 e. The Bertz CT molecular complexity index is 1400. The molecule has 2 nitrogen and oxygen atoms in total. The van der Waals surface area contributed by atoms with Crippen LogP contribution in [0.25, 0.3) is 34.4 Å². The molecule has 3 heteroatoms. The molecule has 0 amide bonds. The minimum absolute atomic E-state index is 1.04. The third-order valence-electron chi connectivity index (χ3n) is 7.63. The van der Waals surface area contributed by atoms with Crippen LogP contribution < -0.4 is 10.4 Å². The highest BCUT2D eigenvalue weighted by Crippen LogP contribution is 2.33. The summed E-state index contributed by atoms with van der Waals surface area (Å²) in [6.07, 6.45) is 14.5. The minimum atomic E-state index is -2.08. The Balaban J connectivity index is 1.59. The molecule has 172 valence electrons. The van der Waals surface area contributed by atoms with Crippen molar-refractivity contribution in [1.82, 2.24) is 9.97 Å². The number of nitrogens with zero attached hydrogens (tertiary/aromatic N) is 2. The summed E-state index contributed by atoms with van der Waals surface area (Å²) in [7, 11) is -2.08. The smallest absolute Gasteiger partial charge is 0.113 e. The average Bonchev–Trinajstić information content (AvgIpc) is 3.44. The fraction of sp³-hybridized carbons (Fsp3) is 0.188. The number of aromatic nitrogens is 2. The van der Waals surface area contributed by atoms with E-state index < -0.39 is 8.07 Å². The first kappa shape index (κ1) is 21.9. The topological polar surface area (TPSA) is 25.8 Å². The minimum Gasteiger partial charge on any atom is -0.265 e. The Morgan fingerprint density at radius 2 is 0.971 bits per heavy atom. The van der Waals surface area contributed by atoms with Crippen LogP contribution >= 0.6 is 0 Å². The molecule has 0 spiro atoms. The van der Waals surface area contributed by atoms with Crippen molar-refractivity contribution in [3.8, 4) is 22.3 Å². The van der Waals surface area contributed by atoms with Gasteiger partial charge < -0.3 is 0 Å². The fourth-order valence-corrected chi connectivity index (χ4v) is 8.99. The second kappa shape index (κ2) is 8.28. The summed E-state index contributed by atoms with van der Waals surface area (Å²) in [5, 5.41) is 3.07. The molecule has 0 aliphatic heterocycles. The van der Waals surface area contributed by atoms with Crippen molar-refractivity contribution in [1.29, 1.82) is 0 Å². The molecular formula is C32H30N2Si. The molecule has 0 fully saturated rings. The molecule has 0 bridgehead atoms. The van der Waals surface area contributed by atoms with Crippen LogP contribution in [0.15, 0.2) is 84.5 Å². The van der Waals surface area contributed by atoms with Crippen molar-refractivity contribution < 1.29 is 0 Å². The molecule has 2 aliphatic rings. The summed E-state index contributed by atoms with van der Waals surface area (Å²) in [5.41, 5.74) is 13.8. The van der Waals surface area contributed by atoms with Crippen LogP contribution in [0, 0.1) is 0 Å². The molecular weight excluding hydrogens is 440 g/mol. The van der Waals surface area contributed by atoms with Gasteiger partial charge in [-0.1, -0.05) is 60.7 Å². The highest BCUT2D eigenvalue weighted by Gasteiger charge is 2.34. The van der Waals surface area contributed by atoms with Crippen LogP contribution in [-0.2, 0) is 12.8 Å². The van der Waals surface area contributed by atoms with E-state index in [0.717, 1.165) is 12.8 Å².